The molecule has 302 valence electrons. The van der Waals surface area contributed by atoms with Gasteiger partial charge in [0.1, 0.15) is 17.0 Å². The van der Waals surface area contributed by atoms with E-state index in [1.54, 1.807) is 38.4 Å². The molecule has 1 aliphatic rings. The van der Waals surface area contributed by atoms with Gasteiger partial charge in [-0.05, 0) is 87.2 Å². The molecule has 15 heteroatoms. The van der Waals surface area contributed by atoms with Crippen molar-refractivity contribution in [2.24, 2.45) is 5.41 Å². The number of pyridine rings is 1. The zero-order valence-electron chi connectivity index (χ0n) is 32.0. The lowest BCUT2D eigenvalue weighted by Crippen LogP contribution is -2.35. The van der Waals surface area contributed by atoms with Gasteiger partial charge < -0.3 is 30.0 Å². The van der Waals surface area contributed by atoms with Gasteiger partial charge >= 0.3 is 0 Å². The number of halogens is 2. The third-order valence-electron chi connectivity index (χ3n) is 8.84. The monoisotopic (exact) mass is 803 g/mol. The van der Waals surface area contributed by atoms with Gasteiger partial charge in [-0.15, -0.1) is 4.47 Å². The van der Waals surface area contributed by atoms with E-state index in [-0.39, 0.29) is 18.0 Å². The number of carbonyl (C=O) groups excluding carboxylic acids is 2. The standard InChI is InChI=1S/C40H41F2N5O6S.C2H6O/c1-3-52-47(54)26-46(25-27-8-5-4-6-9-27)20-7-21-51-37-23-31-33(24-36(37)50-2)43-19-16-34(31)53-35-15-14-30(22-32(35)42)45-39(49)40(17-18-40)38(48)44-29-12-10-28(41)11-13-29;1-2-3/h4-6,8-16,19,22-24,54H,3,7,17-18,20-21,25-26H2,1-2H3,(H,44,48)(H,45,49);3H,2H2,1H3. The Labute approximate surface area is 336 Å². The van der Waals surface area contributed by atoms with Crippen molar-refractivity contribution in [2.45, 2.75) is 39.7 Å². The lowest BCUT2D eigenvalue weighted by molar-refractivity contribution is -0.131. The summed E-state index contributed by atoms with van der Waals surface area (Å²) in [6, 6.07) is 24.5. The topological polar surface area (TPSA) is 135 Å². The summed E-state index contributed by atoms with van der Waals surface area (Å²) in [4.78, 5) is 38.2. The zero-order chi connectivity index (χ0) is 40.8. The zero-order valence-corrected chi connectivity index (χ0v) is 32.9. The van der Waals surface area contributed by atoms with Gasteiger partial charge in [0, 0.05) is 54.8 Å². The minimum absolute atomic E-state index is 0.0854. The predicted octanol–water partition coefficient (Wildman–Crippen LogP) is 8.00. The molecule has 1 saturated carbocycles. The molecule has 12 nitrogen and oxygen atoms in total. The molecule has 0 spiro atoms. The van der Waals surface area contributed by atoms with Gasteiger partial charge in [-0.3, -0.25) is 24.3 Å². The highest BCUT2D eigenvalue weighted by Crippen LogP contribution is 2.48. The molecule has 1 aliphatic carbocycles. The summed E-state index contributed by atoms with van der Waals surface area (Å²) in [5.74, 6) is -1.04. The number of thiol groups is 1. The molecule has 1 fully saturated rings. The van der Waals surface area contributed by atoms with Gasteiger partial charge in [0.15, 0.2) is 23.1 Å². The number of amides is 2. The van der Waals surface area contributed by atoms with Crippen molar-refractivity contribution < 1.29 is 42.5 Å². The van der Waals surface area contributed by atoms with Crippen molar-refractivity contribution in [3.63, 3.8) is 0 Å². The number of aromatic nitrogens is 1. The van der Waals surface area contributed by atoms with E-state index in [1.165, 1.54) is 46.4 Å². The summed E-state index contributed by atoms with van der Waals surface area (Å²) >= 11 is 4.43. The minimum Gasteiger partial charge on any atom is -0.493 e. The van der Waals surface area contributed by atoms with Crippen molar-refractivity contribution in [3.8, 4) is 23.0 Å². The number of hydrogen-bond donors (Lipinski definition) is 4. The summed E-state index contributed by atoms with van der Waals surface area (Å²) in [5.41, 5.74) is 0.950. The van der Waals surface area contributed by atoms with Crippen molar-refractivity contribution in [1.82, 2.24) is 14.4 Å². The first kappa shape index (κ1) is 42.8. The number of aliphatic hydroxyl groups is 1. The van der Waals surface area contributed by atoms with Crippen LogP contribution in [0.3, 0.4) is 0 Å². The Kier molecular flexibility index (Phi) is 15.6. The molecule has 0 atom stereocenters. The van der Waals surface area contributed by atoms with Crippen LogP contribution >= 0.6 is 12.8 Å². The van der Waals surface area contributed by atoms with Crippen LogP contribution in [0.2, 0.25) is 0 Å². The number of nitrogens with zero attached hydrogens (tertiary/aromatic N) is 3. The minimum atomic E-state index is -1.30. The second-order valence-corrected chi connectivity index (χ2v) is 13.5. The Morgan fingerprint density at radius 3 is 2.21 bits per heavy atom. The Bertz CT molecular complexity index is 2090. The summed E-state index contributed by atoms with van der Waals surface area (Å²) in [7, 11) is 1.55. The number of benzene rings is 4. The van der Waals surface area contributed by atoms with Crippen LogP contribution in [0.25, 0.3) is 10.9 Å². The Morgan fingerprint density at radius 1 is 0.877 bits per heavy atom. The average molecular weight is 804 g/mol. The quantitative estimate of drug-likeness (QED) is 0.0227. The lowest BCUT2D eigenvalue weighted by atomic mass is 10.0. The van der Waals surface area contributed by atoms with Crippen molar-refractivity contribution in [3.05, 3.63) is 114 Å². The number of carbonyl (C=O) groups is 2. The third-order valence-corrected chi connectivity index (χ3v) is 9.08. The van der Waals surface area contributed by atoms with E-state index in [2.05, 4.69) is 45.5 Å². The first-order valence-electron chi connectivity index (χ1n) is 18.5. The number of nitrogens with one attached hydrogen (secondary N) is 2. The number of fused-ring (bicyclic) bond motifs is 1. The van der Waals surface area contributed by atoms with Gasteiger partial charge in [-0.25, -0.2) is 8.78 Å². The molecule has 2 amide bonds. The van der Waals surface area contributed by atoms with Gasteiger partial charge in [-0.1, -0.05) is 43.1 Å². The van der Waals surface area contributed by atoms with Gasteiger partial charge in [0.25, 0.3) is 0 Å². The number of rotatable bonds is 18. The van der Waals surface area contributed by atoms with Crippen molar-refractivity contribution in [1.29, 1.82) is 0 Å². The maximum atomic E-state index is 15.4. The summed E-state index contributed by atoms with van der Waals surface area (Å²) in [6.45, 7) is 6.61. The Hall–Kier alpha value is -5.32. The van der Waals surface area contributed by atoms with Gasteiger partial charge in [0.2, 0.25) is 11.8 Å². The molecule has 0 unspecified atom stereocenters. The molecule has 3 N–H and O–H groups in total. The van der Waals surface area contributed by atoms with E-state index >= 15 is 4.39 Å². The number of methoxy groups -OCH3 is 1. The van der Waals surface area contributed by atoms with E-state index in [1.807, 2.05) is 25.1 Å². The molecular formula is C42H47F2N5O7S. The Balaban J connectivity index is 0.00000200. The van der Waals surface area contributed by atoms with Crippen LogP contribution in [0, 0.1) is 17.0 Å². The highest BCUT2D eigenvalue weighted by Gasteiger charge is 2.56. The summed E-state index contributed by atoms with van der Waals surface area (Å²) in [5, 5.41) is 13.4. The fraction of sp³-hybridized carbons (Fsp3) is 0.310. The van der Waals surface area contributed by atoms with Crippen LogP contribution in [0.1, 0.15) is 38.7 Å². The van der Waals surface area contributed by atoms with Crippen LogP contribution in [0.4, 0.5) is 20.2 Å². The number of aliphatic hydroxyl groups excluding tert-OH is 1. The SMILES string of the molecule is CCO.CCON(S)CN(CCCOc1cc2c(Oc3ccc(NC(=O)C4(C(=O)Nc5ccc(F)cc5)CC4)cc3F)ccnc2cc1OC)Cc1ccccc1. The maximum Gasteiger partial charge on any atom is 0.240 e. The molecule has 1 heterocycles. The molecule has 0 bridgehead atoms. The second-order valence-electron chi connectivity index (χ2n) is 13.0. The summed E-state index contributed by atoms with van der Waals surface area (Å²) < 4.78 is 48.1. The van der Waals surface area contributed by atoms with Crippen LogP contribution in [-0.2, 0) is 21.0 Å². The van der Waals surface area contributed by atoms with Gasteiger partial charge in [-0.2, -0.15) is 0 Å². The smallest absolute Gasteiger partial charge is 0.240 e. The van der Waals surface area contributed by atoms with Crippen LogP contribution < -0.4 is 24.8 Å². The van der Waals surface area contributed by atoms with Gasteiger partial charge in [0.05, 0.1) is 32.5 Å². The lowest BCUT2D eigenvalue weighted by Gasteiger charge is -2.26. The molecule has 5 aromatic rings. The highest BCUT2D eigenvalue weighted by atomic mass is 32.1. The van der Waals surface area contributed by atoms with Crippen molar-refractivity contribution in [2.75, 3.05) is 50.8 Å². The molecule has 57 heavy (non-hydrogen) atoms. The maximum absolute atomic E-state index is 15.4. The van der Waals surface area contributed by atoms with Crippen LogP contribution in [0.15, 0.2) is 97.2 Å². The average Bonchev–Trinajstić information content (AvgIpc) is 4.02. The van der Waals surface area contributed by atoms with Crippen molar-refractivity contribution >= 4 is 46.9 Å². The molecule has 1 aromatic heterocycles. The van der Waals surface area contributed by atoms with E-state index < -0.39 is 28.9 Å². The Morgan fingerprint density at radius 2 is 1.56 bits per heavy atom. The van der Waals surface area contributed by atoms with E-state index in [0.717, 1.165) is 6.07 Å². The number of hydroxylamine groups is 1. The highest BCUT2D eigenvalue weighted by molar-refractivity contribution is 7.77. The van der Waals surface area contributed by atoms with Crippen LogP contribution in [-0.4, -0.2) is 71.4 Å². The molecular weight excluding hydrogens is 757 g/mol. The first-order chi connectivity index (χ1) is 27.6. The fourth-order valence-electron chi connectivity index (χ4n) is 5.86. The van der Waals surface area contributed by atoms with E-state index in [0.29, 0.717) is 86.1 Å². The van der Waals surface area contributed by atoms with E-state index in [4.69, 9.17) is 24.2 Å². The first-order valence-corrected chi connectivity index (χ1v) is 18.9. The fourth-order valence-corrected chi connectivity index (χ4v) is 6.15. The third kappa shape index (κ3) is 11.8. The molecule has 6 rings (SSSR count). The number of ether oxygens (including phenoxy) is 3. The predicted molar refractivity (Wildman–Crippen MR) is 217 cm³/mol. The van der Waals surface area contributed by atoms with Crippen LogP contribution in [0.5, 0.6) is 23.0 Å². The molecule has 0 radical (unpaired) electrons. The summed E-state index contributed by atoms with van der Waals surface area (Å²) in [6.07, 6.45) is 2.89. The molecule has 0 aliphatic heterocycles. The number of anilines is 2. The normalized spacial score (nSPS) is 12.8. The number of hydrogen-bond acceptors (Lipinski definition) is 11. The molecule has 0 saturated heterocycles. The second kappa shape index (κ2) is 20.7. The molecule has 4 aromatic carbocycles. The van der Waals surface area contributed by atoms with E-state index in [9.17, 15) is 14.0 Å². The largest absolute Gasteiger partial charge is 0.493 e.